The number of amides is 1. The zero-order chi connectivity index (χ0) is 38.6. The Bertz CT molecular complexity index is 725. The molecule has 2 atom stereocenters. The average Bonchev–Trinajstić information content (AvgIpc) is 3.16. The van der Waals surface area contributed by atoms with Crippen LogP contribution in [0.15, 0.2) is 12.2 Å². The predicted octanol–water partition coefficient (Wildman–Crippen LogP) is 15.4. The van der Waals surface area contributed by atoms with Crippen molar-refractivity contribution >= 4 is 5.91 Å². The normalized spacial score (nSPS) is 12.9. The molecule has 53 heavy (non-hydrogen) atoms. The molecule has 0 aliphatic carbocycles. The maximum absolute atomic E-state index is 12.4. The highest BCUT2D eigenvalue weighted by molar-refractivity contribution is 5.76. The zero-order valence-corrected chi connectivity index (χ0v) is 36.3. The Morgan fingerprint density at radius 1 is 0.434 bits per heavy atom. The number of aliphatic hydroxyl groups excluding tert-OH is 2. The first-order valence-corrected chi connectivity index (χ1v) is 24.4. The third-order valence-electron chi connectivity index (χ3n) is 11.5. The van der Waals surface area contributed by atoms with Crippen LogP contribution in [0.1, 0.15) is 277 Å². The van der Waals surface area contributed by atoms with E-state index in [2.05, 4.69) is 31.3 Å². The topological polar surface area (TPSA) is 69.6 Å². The summed E-state index contributed by atoms with van der Waals surface area (Å²) in [6.45, 7) is 4.39. The van der Waals surface area contributed by atoms with Crippen molar-refractivity contribution in [2.24, 2.45) is 0 Å². The summed E-state index contributed by atoms with van der Waals surface area (Å²) in [5, 5.41) is 23.2. The molecule has 0 aliphatic heterocycles. The summed E-state index contributed by atoms with van der Waals surface area (Å²) >= 11 is 0. The molecule has 0 rings (SSSR count). The molecule has 4 heteroatoms. The van der Waals surface area contributed by atoms with Crippen LogP contribution in [0.4, 0.5) is 0 Å². The summed E-state index contributed by atoms with van der Waals surface area (Å²) in [5.74, 6) is -0.0313. The second-order valence-electron chi connectivity index (χ2n) is 16.9. The molecule has 0 fully saturated rings. The second-order valence-corrected chi connectivity index (χ2v) is 16.9. The van der Waals surface area contributed by atoms with Crippen LogP contribution in [0.2, 0.25) is 0 Å². The number of carbonyl (C=O) groups excluding carboxylic acids is 1. The monoisotopic (exact) mass is 748 g/mol. The van der Waals surface area contributed by atoms with Crippen LogP contribution in [0.5, 0.6) is 0 Å². The summed E-state index contributed by atoms with van der Waals surface area (Å²) in [5.41, 5.74) is 0. The van der Waals surface area contributed by atoms with Crippen molar-refractivity contribution in [3.63, 3.8) is 0 Å². The largest absolute Gasteiger partial charge is 0.394 e. The van der Waals surface area contributed by atoms with Gasteiger partial charge in [-0.15, -0.1) is 0 Å². The van der Waals surface area contributed by atoms with Crippen LogP contribution in [0.3, 0.4) is 0 Å². The highest BCUT2D eigenvalue weighted by atomic mass is 16.3. The first-order valence-electron chi connectivity index (χ1n) is 24.4. The number of aliphatic hydroxyl groups is 2. The van der Waals surface area contributed by atoms with Crippen LogP contribution >= 0.6 is 0 Å². The number of allylic oxidation sites excluding steroid dienone is 2. The molecular weight excluding hydrogens is 651 g/mol. The van der Waals surface area contributed by atoms with E-state index in [0.717, 1.165) is 25.7 Å². The van der Waals surface area contributed by atoms with Gasteiger partial charge < -0.3 is 15.5 Å². The van der Waals surface area contributed by atoms with Gasteiger partial charge in [0.15, 0.2) is 0 Å². The van der Waals surface area contributed by atoms with E-state index in [9.17, 15) is 15.0 Å². The van der Waals surface area contributed by atoms with Gasteiger partial charge in [0.2, 0.25) is 5.91 Å². The average molecular weight is 748 g/mol. The summed E-state index contributed by atoms with van der Waals surface area (Å²) in [6.07, 6.45) is 57.3. The van der Waals surface area contributed by atoms with E-state index >= 15 is 0 Å². The van der Waals surface area contributed by atoms with E-state index in [1.807, 2.05) is 0 Å². The lowest BCUT2D eigenvalue weighted by molar-refractivity contribution is -0.123. The van der Waals surface area contributed by atoms with Crippen molar-refractivity contribution in [2.75, 3.05) is 6.61 Å². The summed E-state index contributed by atoms with van der Waals surface area (Å²) in [7, 11) is 0. The zero-order valence-electron chi connectivity index (χ0n) is 36.3. The quantitative estimate of drug-likeness (QED) is 0.0429. The maximum atomic E-state index is 12.4. The van der Waals surface area contributed by atoms with Crippen molar-refractivity contribution in [3.8, 4) is 0 Å². The minimum Gasteiger partial charge on any atom is -0.394 e. The number of hydrogen-bond acceptors (Lipinski definition) is 3. The Morgan fingerprint density at radius 3 is 1.04 bits per heavy atom. The van der Waals surface area contributed by atoms with Crippen LogP contribution in [-0.2, 0) is 4.79 Å². The number of nitrogens with one attached hydrogen (secondary N) is 1. The van der Waals surface area contributed by atoms with Crippen LogP contribution in [-0.4, -0.2) is 34.9 Å². The van der Waals surface area contributed by atoms with E-state index in [4.69, 9.17) is 0 Å². The smallest absolute Gasteiger partial charge is 0.220 e. The van der Waals surface area contributed by atoms with Crippen molar-refractivity contribution in [2.45, 2.75) is 289 Å². The van der Waals surface area contributed by atoms with Gasteiger partial charge in [0.05, 0.1) is 18.8 Å². The van der Waals surface area contributed by atoms with Gasteiger partial charge in [-0.3, -0.25) is 4.79 Å². The standard InChI is InChI=1S/C49H97NO3/c1-3-5-7-9-11-13-15-17-19-21-23-24-25-26-27-29-31-33-35-37-39-41-43-45-49(53)50-47(46-51)48(52)44-42-40-38-36-34-32-30-28-22-20-18-16-14-12-10-8-6-4-2/h26-27,47-48,51-52H,3-25,28-46H2,1-2H3,(H,50,53)/b27-26-. The van der Waals surface area contributed by atoms with E-state index in [-0.39, 0.29) is 12.5 Å². The second kappa shape index (κ2) is 45.5. The molecule has 0 aromatic rings. The fourth-order valence-corrected chi connectivity index (χ4v) is 7.77. The summed E-state index contributed by atoms with van der Waals surface area (Å²) < 4.78 is 0. The lowest BCUT2D eigenvalue weighted by Gasteiger charge is -2.22. The van der Waals surface area contributed by atoms with Gasteiger partial charge in [-0.2, -0.15) is 0 Å². The summed E-state index contributed by atoms with van der Waals surface area (Å²) in [4.78, 5) is 12.4. The molecule has 0 aliphatic rings. The molecule has 1 amide bonds. The van der Waals surface area contributed by atoms with Gasteiger partial charge in [0, 0.05) is 6.42 Å². The third-order valence-corrected chi connectivity index (χ3v) is 11.5. The Kier molecular flexibility index (Phi) is 44.8. The van der Waals surface area contributed by atoms with Crippen LogP contribution in [0.25, 0.3) is 0 Å². The highest BCUT2D eigenvalue weighted by Crippen LogP contribution is 2.17. The van der Waals surface area contributed by atoms with Crippen molar-refractivity contribution in [3.05, 3.63) is 12.2 Å². The van der Waals surface area contributed by atoms with Gasteiger partial charge >= 0.3 is 0 Å². The third kappa shape index (κ3) is 42.1. The van der Waals surface area contributed by atoms with Gasteiger partial charge in [0.1, 0.15) is 0 Å². The fourth-order valence-electron chi connectivity index (χ4n) is 7.77. The van der Waals surface area contributed by atoms with E-state index in [1.54, 1.807) is 0 Å². The molecule has 0 aromatic heterocycles. The lowest BCUT2D eigenvalue weighted by atomic mass is 10.0. The molecule has 3 N–H and O–H groups in total. The molecule has 0 saturated heterocycles. The molecule has 0 aromatic carbocycles. The molecule has 0 bridgehead atoms. The van der Waals surface area contributed by atoms with Crippen molar-refractivity contribution in [1.29, 1.82) is 0 Å². The maximum Gasteiger partial charge on any atom is 0.220 e. The van der Waals surface area contributed by atoms with Crippen LogP contribution in [0, 0.1) is 0 Å². The van der Waals surface area contributed by atoms with Gasteiger partial charge in [-0.05, 0) is 38.5 Å². The molecule has 0 radical (unpaired) electrons. The van der Waals surface area contributed by atoms with E-state index in [0.29, 0.717) is 12.8 Å². The molecule has 4 nitrogen and oxygen atoms in total. The van der Waals surface area contributed by atoms with Crippen LogP contribution < -0.4 is 5.32 Å². The number of carbonyl (C=O) groups is 1. The van der Waals surface area contributed by atoms with Gasteiger partial charge in [-0.1, -0.05) is 244 Å². The minimum absolute atomic E-state index is 0.0313. The molecule has 2 unspecified atom stereocenters. The molecule has 0 saturated carbocycles. The number of hydrogen-bond donors (Lipinski definition) is 3. The Labute approximate surface area is 333 Å². The first-order chi connectivity index (χ1) is 26.2. The predicted molar refractivity (Wildman–Crippen MR) is 235 cm³/mol. The molecule has 0 heterocycles. The Hall–Kier alpha value is -0.870. The number of rotatable bonds is 45. The van der Waals surface area contributed by atoms with E-state index < -0.39 is 12.1 Å². The van der Waals surface area contributed by atoms with Crippen molar-refractivity contribution < 1.29 is 15.0 Å². The molecule has 316 valence electrons. The number of unbranched alkanes of at least 4 members (excludes halogenated alkanes) is 36. The SMILES string of the molecule is CCCCCCCCCCCCCC/C=C\CCCCCCCCCC(=O)NC(CO)C(O)CCCCCCCCCCCCCCCCCCCC. The van der Waals surface area contributed by atoms with Crippen molar-refractivity contribution in [1.82, 2.24) is 5.32 Å². The summed E-state index contributed by atoms with van der Waals surface area (Å²) in [6, 6.07) is -0.535. The molecule has 0 spiro atoms. The molecular formula is C49H97NO3. The lowest BCUT2D eigenvalue weighted by Crippen LogP contribution is -2.45. The Morgan fingerprint density at radius 2 is 0.717 bits per heavy atom. The Balaban J connectivity index is 3.47. The van der Waals surface area contributed by atoms with Gasteiger partial charge in [0.25, 0.3) is 0 Å². The van der Waals surface area contributed by atoms with E-state index in [1.165, 1.54) is 225 Å². The first kappa shape index (κ1) is 52.1. The minimum atomic E-state index is -0.658. The highest BCUT2D eigenvalue weighted by Gasteiger charge is 2.20. The fraction of sp³-hybridized carbons (Fsp3) is 0.939. The van der Waals surface area contributed by atoms with Gasteiger partial charge in [-0.25, -0.2) is 0 Å².